The largest absolute Gasteiger partial charge is 0.307 e. The molecule has 0 fully saturated rings. The van der Waals surface area contributed by atoms with E-state index in [2.05, 4.69) is 152 Å². The molecule has 0 saturated carbocycles. The van der Waals surface area contributed by atoms with E-state index in [1.807, 2.05) is 11.3 Å². The number of pyridine rings is 1. The molecule has 0 unspecified atom stereocenters. The molecule has 1 aliphatic heterocycles. The molecule has 3 aromatic heterocycles. The van der Waals surface area contributed by atoms with Gasteiger partial charge in [-0.2, -0.15) is 0 Å². The molecule has 0 spiro atoms. The molecule has 1 aliphatic rings. The lowest BCUT2D eigenvalue weighted by Gasteiger charge is -2.32. The van der Waals surface area contributed by atoms with Crippen LogP contribution >= 0.6 is 11.3 Å². The number of rotatable bonds is 3. The van der Waals surface area contributed by atoms with E-state index in [1.54, 1.807) is 0 Å². The van der Waals surface area contributed by atoms with Crippen molar-refractivity contribution in [2.75, 3.05) is 0 Å². The Hall–Kier alpha value is -4.99. The van der Waals surface area contributed by atoms with Crippen molar-refractivity contribution in [2.24, 2.45) is 0 Å². The lowest BCUT2D eigenvalue weighted by atomic mass is 9.79. The van der Waals surface area contributed by atoms with Crippen molar-refractivity contribution in [2.45, 2.75) is 19.3 Å². The number of benzene rings is 5. The predicted molar refractivity (Wildman–Crippen MR) is 182 cm³/mol. The molecule has 0 bridgehead atoms. The predicted octanol–water partition coefficient (Wildman–Crippen LogP) is 11.0. The second-order valence-electron chi connectivity index (χ2n) is 12.0. The third-order valence-corrected chi connectivity index (χ3v) is 10.6. The van der Waals surface area contributed by atoms with Crippen molar-refractivity contribution < 1.29 is 0 Å². The first-order valence-corrected chi connectivity index (χ1v) is 15.6. The van der Waals surface area contributed by atoms with Crippen LogP contribution in [0.25, 0.3) is 71.2 Å². The second-order valence-corrected chi connectivity index (χ2v) is 13.1. The Balaban J connectivity index is 1.33. The van der Waals surface area contributed by atoms with Crippen LogP contribution < -0.4 is 0 Å². The van der Waals surface area contributed by atoms with Crippen LogP contribution in [-0.2, 0) is 5.41 Å². The minimum Gasteiger partial charge on any atom is -0.307 e. The van der Waals surface area contributed by atoms with Gasteiger partial charge in [-0.15, -0.1) is 11.3 Å². The average Bonchev–Trinajstić information content (AvgIpc) is 3.61. The van der Waals surface area contributed by atoms with Gasteiger partial charge in [0.1, 0.15) is 0 Å². The zero-order valence-corrected chi connectivity index (χ0v) is 24.8. The Morgan fingerprint density at radius 1 is 0.558 bits per heavy atom. The highest BCUT2D eigenvalue weighted by Crippen LogP contribution is 2.52. The highest BCUT2D eigenvalue weighted by Gasteiger charge is 2.37. The molecular weight excluding hydrogens is 541 g/mol. The lowest BCUT2D eigenvalue weighted by molar-refractivity contribution is 0.647. The molecule has 0 saturated heterocycles. The van der Waals surface area contributed by atoms with Crippen molar-refractivity contribution >= 4 is 43.2 Å². The molecule has 5 aromatic carbocycles. The highest BCUT2D eigenvalue weighted by atomic mass is 32.1. The standard InChI is InChI=1S/C40H28N2S/c1-40(2)32-18-11-17-29-31-22-27(20-21-35(31)42(37(29)32)38-30-16-9-10-19-36(30)43-39(38)40)28-23-33(25-12-5-3-6-13-25)41-34(24-28)26-14-7-4-8-15-26/h3-24H,1-2H3. The summed E-state index contributed by atoms with van der Waals surface area (Å²) in [5, 5.41) is 3.93. The average molecular weight is 569 g/mol. The first-order chi connectivity index (χ1) is 21.1. The van der Waals surface area contributed by atoms with Gasteiger partial charge in [-0.1, -0.05) is 117 Å². The van der Waals surface area contributed by atoms with Crippen LogP contribution in [-0.4, -0.2) is 9.55 Å². The maximum Gasteiger partial charge on any atom is 0.0715 e. The van der Waals surface area contributed by atoms with Crippen molar-refractivity contribution in [3.63, 3.8) is 0 Å². The number of fused-ring (bicyclic) bond motifs is 7. The smallest absolute Gasteiger partial charge is 0.0715 e. The van der Waals surface area contributed by atoms with Crippen LogP contribution in [0.15, 0.2) is 133 Å². The van der Waals surface area contributed by atoms with Crippen molar-refractivity contribution in [3.8, 4) is 39.3 Å². The van der Waals surface area contributed by atoms with E-state index < -0.39 is 0 Å². The van der Waals surface area contributed by atoms with Crippen LogP contribution in [0, 0.1) is 0 Å². The van der Waals surface area contributed by atoms with Crippen molar-refractivity contribution in [3.05, 3.63) is 144 Å². The summed E-state index contributed by atoms with van der Waals surface area (Å²) in [5.41, 5.74) is 11.8. The van der Waals surface area contributed by atoms with Crippen molar-refractivity contribution in [1.82, 2.24) is 9.55 Å². The summed E-state index contributed by atoms with van der Waals surface area (Å²) < 4.78 is 3.89. The number of hydrogen-bond acceptors (Lipinski definition) is 2. The highest BCUT2D eigenvalue weighted by molar-refractivity contribution is 7.19. The fraction of sp³-hybridized carbons (Fsp3) is 0.0750. The zero-order valence-electron chi connectivity index (χ0n) is 24.0. The van der Waals surface area contributed by atoms with E-state index in [4.69, 9.17) is 4.98 Å². The summed E-state index contributed by atoms with van der Waals surface area (Å²) in [7, 11) is 0. The number of thiophene rings is 1. The maximum atomic E-state index is 5.11. The van der Waals surface area contributed by atoms with E-state index in [0.717, 1.165) is 22.5 Å². The number of aromatic nitrogens is 2. The minimum atomic E-state index is -0.0774. The third-order valence-electron chi connectivity index (χ3n) is 9.12. The molecule has 0 N–H and O–H groups in total. The fourth-order valence-corrected chi connectivity index (χ4v) is 8.30. The van der Waals surface area contributed by atoms with Crippen LogP contribution in [0.4, 0.5) is 0 Å². The molecule has 9 rings (SSSR count). The van der Waals surface area contributed by atoms with Gasteiger partial charge in [0.2, 0.25) is 0 Å². The maximum absolute atomic E-state index is 5.11. The van der Waals surface area contributed by atoms with Gasteiger partial charge < -0.3 is 4.57 Å². The number of nitrogens with zero attached hydrogens (tertiary/aromatic N) is 2. The Bertz CT molecular complexity index is 2300. The van der Waals surface area contributed by atoms with Gasteiger partial charge in [-0.25, -0.2) is 4.98 Å². The first kappa shape index (κ1) is 24.6. The monoisotopic (exact) mass is 568 g/mol. The van der Waals surface area contributed by atoms with Crippen molar-refractivity contribution in [1.29, 1.82) is 0 Å². The normalized spacial score (nSPS) is 13.5. The van der Waals surface area contributed by atoms with Gasteiger partial charge in [-0.05, 0) is 47.0 Å². The summed E-state index contributed by atoms with van der Waals surface area (Å²) in [4.78, 5) is 6.54. The molecule has 4 heterocycles. The molecular formula is C40H28N2S. The second kappa shape index (κ2) is 9.00. The lowest BCUT2D eigenvalue weighted by Crippen LogP contribution is -2.24. The van der Waals surface area contributed by atoms with Crippen LogP contribution in [0.2, 0.25) is 0 Å². The number of hydrogen-bond donors (Lipinski definition) is 0. The van der Waals surface area contributed by atoms with E-state index in [1.165, 1.54) is 59.1 Å². The molecule has 3 heteroatoms. The Labute approximate surface area is 254 Å². The molecule has 0 aliphatic carbocycles. The summed E-state index contributed by atoms with van der Waals surface area (Å²) in [6, 6.07) is 48.2. The molecule has 0 atom stereocenters. The van der Waals surface area contributed by atoms with Gasteiger partial charge in [0.25, 0.3) is 0 Å². The first-order valence-electron chi connectivity index (χ1n) is 14.8. The van der Waals surface area contributed by atoms with Gasteiger partial charge in [0, 0.05) is 42.3 Å². The van der Waals surface area contributed by atoms with E-state index >= 15 is 0 Å². The van der Waals surface area contributed by atoms with E-state index in [9.17, 15) is 0 Å². The Morgan fingerprint density at radius 3 is 1.93 bits per heavy atom. The molecule has 0 amide bonds. The minimum absolute atomic E-state index is 0.0774. The van der Waals surface area contributed by atoms with Crippen LogP contribution in [0.3, 0.4) is 0 Å². The van der Waals surface area contributed by atoms with Crippen LogP contribution in [0.1, 0.15) is 24.3 Å². The Kier molecular flexibility index (Phi) is 5.15. The summed E-state index contributed by atoms with van der Waals surface area (Å²) >= 11 is 1.94. The van der Waals surface area contributed by atoms with Crippen LogP contribution in [0.5, 0.6) is 0 Å². The van der Waals surface area contributed by atoms with E-state index in [0.29, 0.717) is 0 Å². The summed E-state index contributed by atoms with van der Waals surface area (Å²) in [6.45, 7) is 4.77. The molecule has 43 heavy (non-hydrogen) atoms. The molecule has 0 radical (unpaired) electrons. The van der Waals surface area contributed by atoms with Gasteiger partial charge in [0.15, 0.2) is 0 Å². The van der Waals surface area contributed by atoms with Gasteiger partial charge in [-0.3, -0.25) is 0 Å². The quantitative estimate of drug-likeness (QED) is 0.207. The molecule has 8 aromatic rings. The fourth-order valence-electron chi connectivity index (χ4n) is 7.00. The van der Waals surface area contributed by atoms with Gasteiger partial charge >= 0.3 is 0 Å². The number of para-hydroxylation sites is 1. The third kappa shape index (κ3) is 3.55. The van der Waals surface area contributed by atoms with Gasteiger partial charge in [0.05, 0.1) is 28.1 Å². The SMILES string of the molecule is CC1(C)c2sc3ccccc3c2-n2c3ccc(-c4cc(-c5ccccc5)nc(-c5ccccc5)c4)cc3c3cccc1c32. The summed E-state index contributed by atoms with van der Waals surface area (Å²) in [5.74, 6) is 0. The molecule has 2 nitrogen and oxygen atoms in total. The molecule has 204 valence electrons. The summed E-state index contributed by atoms with van der Waals surface area (Å²) in [6.07, 6.45) is 0. The zero-order chi connectivity index (χ0) is 28.7. The van der Waals surface area contributed by atoms with E-state index in [-0.39, 0.29) is 5.41 Å². The topological polar surface area (TPSA) is 17.8 Å². The Morgan fingerprint density at radius 2 is 1.21 bits per heavy atom.